The predicted molar refractivity (Wildman–Crippen MR) is 119 cm³/mol. The number of piperazine rings is 1. The minimum absolute atomic E-state index is 0.326. The van der Waals surface area contributed by atoms with Crippen molar-refractivity contribution in [3.8, 4) is 0 Å². The number of nitrogens with one attached hydrogen (secondary N) is 1. The molecule has 8 nitrogen and oxygen atoms in total. The van der Waals surface area contributed by atoms with Crippen LogP contribution in [0.4, 0.5) is 5.69 Å². The van der Waals surface area contributed by atoms with Gasteiger partial charge in [-0.25, -0.2) is 4.90 Å². The van der Waals surface area contributed by atoms with E-state index in [2.05, 4.69) is 5.32 Å². The highest BCUT2D eigenvalue weighted by atomic mass is 35.5. The van der Waals surface area contributed by atoms with Gasteiger partial charge < -0.3 is 10.1 Å². The van der Waals surface area contributed by atoms with Crippen LogP contribution in [0, 0.1) is 11.8 Å². The summed E-state index contributed by atoms with van der Waals surface area (Å²) in [5.41, 5.74) is -0.329. The van der Waals surface area contributed by atoms with E-state index in [1.807, 2.05) is 35.2 Å². The molecule has 3 saturated heterocycles. The molecule has 0 radical (unpaired) electrons. The van der Waals surface area contributed by atoms with Gasteiger partial charge in [0.05, 0.1) is 31.1 Å². The van der Waals surface area contributed by atoms with Crippen molar-refractivity contribution in [3.63, 3.8) is 0 Å². The van der Waals surface area contributed by atoms with Gasteiger partial charge in [0.1, 0.15) is 5.54 Å². The second-order valence-corrected chi connectivity index (χ2v) is 8.91. The van der Waals surface area contributed by atoms with Crippen LogP contribution in [0.3, 0.4) is 0 Å². The van der Waals surface area contributed by atoms with Gasteiger partial charge in [0.2, 0.25) is 17.7 Å². The maximum absolute atomic E-state index is 13.8. The molecule has 0 bridgehead atoms. The zero-order valence-corrected chi connectivity index (χ0v) is 18.6. The van der Waals surface area contributed by atoms with Crippen LogP contribution in [-0.2, 0) is 23.9 Å². The molecule has 0 aromatic heterocycles. The summed E-state index contributed by atoms with van der Waals surface area (Å²) in [4.78, 5) is 56.6. The number of imide groups is 1. The lowest BCUT2D eigenvalue weighted by Crippen LogP contribution is -2.67. The van der Waals surface area contributed by atoms with Crippen LogP contribution < -0.4 is 10.2 Å². The number of amides is 3. The predicted octanol–water partition coefficient (Wildman–Crippen LogP) is 1.93. The molecule has 2 aromatic rings. The summed E-state index contributed by atoms with van der Waals surface area (Å²) in [6.45, 7) is 0.755. The Morgan fingerprint density at radius 3 is 2.45 bits per heavy atom. The fourth-order valence-electron chi connectivity index (χ4n) is 5.65. The Morgan fingerprint density at radius 1 is 1.09 bits per heavy atom. The molecular formula is C24H22ClN3O5. The third-order valence-electron chi connectivity index (χ3n) is 6.95. The molecule has 3 aliphatic heterocycles. The van der Waals surface area contributed by atoms with E-state index in [-0.39, 0.29) is 6.42 Å². The van der Waals surface area contributed by atoms with Crippen LogP contribution >= 0.6 is 11.6 Å². The quantitative estimate of drug-likeness (QED) is 0.545. The monoisotopic (exact) mass is 467 g/mol. The normalized spacial score (nSPS) is 29.0. The number of ether oxygens (including phenoxy) is 1. The number of anilines is 1. The molecule has 2 aromatic carbocycles. The Labute approximate surface area is 195 Å². The van der Waals surface area contributed by atoms with Crippen molar-refractivity contribution in [1.29, 1.82) is 0 Å². The minimum atomic E-state index is -1.52. The maximum Gasteiger partial charge on any atom is 0.307 e. The van der Waals surface area contributed by atoms with E-state index >= 15 is 0 Å². The van der Waals surface area contributed by atoms with Gasteiger partial charge in [-0.3, -0.25) is 24.1 Å². The first-order chi connectivity index (χ1) is 15.9. The third-order valence-corrected chi connectivity index (χ3v) is 7.20. The molecule has 1 N–H and O–H groups in total. The zero-order valence-electron chi connectivity index (χ0n) is 17.9. The number of halogens is 1. The lowest BCUT2D eigenvalue weighted by Gasteiger charge is -2.45. The number of hydrogen-bond acceptors (Lipinski definition) is 6. The molecule has 3 amide bonds. The topological polar surface area (TPSA) is 96.0 Å². The molecule has 5 rings (SSSR count). The van der Waals surface area contributed by atoms with Crippen LogP contribution in [-0.4, -0.2) is 54.3 Å². The number of fused-ring (bicyclic) bond motifs is 3. The van der Waals surface area contributed by atoms with Crippen LogP contribution in [0.2, 0.25) is 5.02 Å². The molecule has 3 aliphatic rings. The second-order valence-electron chi connectivity index (χ2n) is 8.47. The Bertz CT molecular complexity index is 1140. The Morgan fingerprint density at radius 2 is 1.79 bits per heavy atom. The summed E-state index contributed by atoms with van der Waals surface area (Å²) in [6.07, 6.45) is -0.326. The molecule has 0 spiro atoms. The Kier molecular flexibility index (Phi) is 5.22. The lowest BCUT2D eigenvalue weighted by atomic mass is 9.76. The fraction of sp³-hybridized carbons (Fsp3) is 0.333. The third kappa shape index (κ3) is 3.08. The largest absolute Gasteiger partial charge is 0.469 e. The van der Waals surface area contributed by atoms with Gasteiger partial charge in [0.25, 0.3) is 0 Å². The fourth-order valence-corrected chi connectivity index (χ4v) is 5.78. The van der Waals surface area contributed by atoms with Gasteiger partial charge in [0.15, 0.2) is 0 Å². The molecule has 33 heavy (non-hydrogen) atoms. The first-order valence-corrected chi connectivity index (χ1v) is 11.1. The van der Waals surface area contributed by atoms with E-state index in [9.17, 15) is 19.2 Å². The number of esters is 1. The highest BCUT2D eigenvalue weighted by Crippen LogP contribution is 2.57. The van der Waals surface area contributed by atoms with Crippen molar-refractivity contribution >= 4 is 41.0 Å². The van der Waals surface area contributed by atoms with Crippen LogP contribution in [0.15, 0.2) is 54.6 Å². The Balaban J connectivity index is 1.70. The van der Waals surface area contributed by atoms with Crippen molar-refractivity contribution in [2.24, 2.45) is 11.8 Å². The first kappa shape index (κ1) is 21.6. The van der Waals surface area contributed by atoms with Crippen LogP contribution in [0.25, 0.3) is 0 Å². The number of methoxy groups -OCH3 is 1. The van der Waals surface area contributed by atoms with Crippen LogP contribution in [0.1, 0.15) is 18.0 Å². The molecule has 0 unspecified atom stereocenters. The molecule has 4 atom stereocenters. The van der Waals surface area contributed by atoms with Crippen LogP contribution in [0.5, 0.6) is 0 Å². The van der Waals surface area contributed by atoms with E-state index in [1.54, 1.807) is 24.3 Å². The average Bonchev–Trinajstić information content (AvgIpc) is 3.26. The maximum atomic E-state index is 13.8. The van der Waals surface area contributed by atoms with E-state index in [0.29, 0.717) is 23.8 Å². The Hall–Kier alpha value is -3.23. The smallest absolute Gasteiger partial charge is 0.307 e. The molecule has 0 aliphatic carbocycles. The average molecular weight is 468 g/mol. The zero-order chi connectivity index (χ0) is 23.3. The summed E-state index contributed by atoms with van der Waals surface area (Å²) in [7, 11) is 1.24. The number of carbonyl (C=O) groups excluding carboxylic acids is 4. The number of benzene rings is 2. The molecule has 3 heterocycles. The second kappa shape index (κ2) is 7.97. The standard InChI is InChI=1S/C24H22ClN3O5/c1-33-17(29)13-24-19-18(21(30)28(22(19)31)16-9-7-15(25)8-10-16)20(14-5-3-2-4-6-14)27(24)12-11-26-23(24)32/h2-10,18-20H,11-13H2,1H3,(H,26,32)/t18-,19-,20-,24+/m1/s1. The summed E-state index contributed by atoms with van der Waals surface area (Å²) >= 11 is 6.00. The lowest BCUT2D eigenvalue weighted by molar-refractivity contribution is -0.154. The number of hydrogen-bond donors (Lipinski definition) is 1. The molecule has 0 saturated carbocycles. The number of carbonyl (C=O) groups is 4. The van der Waals surface area contributed by atoms with E-state index in [0.717, 1.165) is 10.5 Å². The first-order valence-electron chi connectivity index (χ1n) is 10.7. The highest BCUT2D eigenvalue weighted by molar-refractivity contribution is 6.31. The summed E-state index contributed by atoms with van der Waals surface area (Å²) in [5, 5.41) is 3.29. The summed E-state index contributed by atoms with van der Waals surface area (Å²) in [5.74, 6) is -3.82. The van der Waals surface area contributed by atoms with Crippen molar-refractivity contribution in [2.75, 3.05) is 25.1 Å². The van der Waals surface area contributed by atoms with E-state index < -0.39 is 47.1 Å². The van der Waals surface area contributed by atoms with Crippen molar-refractivity contribution in [1.82, 2.24) is 10.2 Å². The van der Waals surface area contributed by atoms with Gasteiger partial charge in [-0.05, 0) is 29.8 Å². The van der Waals surface area contributed by atoms with Gasteiger partial charge in [0, 0.05) is 24.2 Å². The van der Waals surface area contributed by atoms with E-state index in [1.165, 1.54) is 7.11 Å². The summed E-state index contributed by atoms with van der Waals surface area (Å²) < 4.78 is 4.91. The van der Waals surface area contributed by atoms with Crippen molar-refractivity contribution < 1.29 is 23.9 Å². The van der Waals surface area contributed by atoms with Gasteiger partial charge in [-0.1, -0.05) is 41.9 Å². The number of nitrogens with zero attached hydrogens (tertiary/aromatic N) is 2. The van der Waals surface area contributed by atoms with E-state index in [4.69, 9.17) is 16.3 Å². The molecule has 3 fully saturated rings. The SMILES string of the molecule is COC(=O)C[C@]12C(=O)NCCN1[C@H](c1ccccc1)[C@@H]1C(=O)N(c3ccc(Cl)cc3)C(=O)[C@@H]12. The van der Waals surface area contributed by atoms with Gasteiger partial charge in [-0.2, -0.15) is 0 Å². The van der Waals surface area contributed by atoms with Gasteiger partial charge in [-0.15, -0.1) is 0 Å². The van der Waals surface area contributed by atoms with Crippen molar-refractivity contribution in [3.05, 3.63) is 65.2 Å². The van der Waals surface area contributed by atoms with Gasteiger partial charge >= 0.3 is 5.97 Å². The molecule has 170 valence electrons. The minimum Gasteiger partial charge on any atom is -0.469 e. The number of rotatable bonds is 4. The highest BCUT2D eigenvalue weighted by Gasteiger charge is 2.73. The molecule has 9 heteroatoms. The summed E-state index contributed by atoms with van der Waals surface area (Å²) in [6, 6.07) is 15.2. The van der Waals surface area contributed by atoms with Crippen molar-refractivity contribution in [2.45, 2.75) is 18.0 Å². The molecular weight excluding hydrogens is 446 g/mol.